The lowest BCUT2D eigenvalue weighted by atomic mass is 10.2. The Balaban J connectivity index is 2.40. The highest BCUT2D eigenvalue weighted by Gasteiger charge is 2.35. The number of nitrogens with zero attached hydrogens (tertiary/aromatic N) is 2. The fraction of sp³-hybridized carbons (Fsp3) is 0.500. The molecule has 1 aliphatic rings. The Hall–Kier alpha value is -1.36. The maximum absolute atomic E-state index is 12.7. The molecule has 0 aliphatic carbocycles. The Labute approximate surface area is 119 Å². The summed E-state index contributed by atoms with van der Waals surface area (Å²) >= 11 is 2.51. The summed E-state index contributed by atoms with van der Waals surface area (Å²) < 4.78 is 18.0. The molecule has 1 unspecified atom stereocenters. The average molecular weight is 352 g/mol. The third-order valence-corrected chi connectivity index (χ3v) is 3.01. The van der Waals surface area contributed by atoms with E-state index in [2.05, 4.69) is 21.0 Å². The van der Waals surface area contributed by atoms with Crippen molar-refractivity contribution in [1.82, 2.24) is 14.8 Å². The van der Waals surface area contributed by atoms with Gasteiger partial charge >= 0.3 is 5.69 Å². The van der Waals surface area contributed by atoms with E-state index in [1.807, 2.05) is 4.98 Å². The molecular weight excluding hydrogens is 341 g/mol. The van der Waals surface area contributed by atoms with Gasteiger partial charge in [0, 0.05) is 12.5 Å². The van der Waals surface area contributed by atoms with E-state index in [9.17, 15) is 19.1 Å². The second-order valence-electron chi connectivity index (χ2n) is 4.14. The van der Waals surface area contributed by atoms with Crippen LogP contribution in [0.5, 0.6) is 0 Å². The molecule has 0 radical (unpaired) electrons. The zero-order valence-electron chi connectivity index (χ0n) is 9.99. The van der Waals surface area contributed by atoms with Gasteiger partial charge < -0.3 is 14.9 Å². The van der Waals surface area contributed by atoms with Crippen molar-refractivity contribution in [2.45, 2.75) is 24.9 Å². The van der Waals surface area contributed by atoms with Crippen LogP contribution in [-0.2, 0) is 4.74 Å². The third-order valence-electron chi connectivity index (χ3n) is 2.78. The topological polar surface area (TPSA) is 117 Å². The molecule has 2 heterocycles. The maximum atomic E-state index is 12.7. The third kappa shape index (κ3) is 3.03. The summed E-state index contributed by atoms with van der Waals surface area (Å²) in [4.78, 5) is 25.1. The van der Waals surface area contributed by atoms with Crippen LogP contribution in [0.4, 0.5) is 4.39 Å². The summed E-state index contributed by atoms with van der Waals surface area (Å²) in [5.74, 6) is 0. The monoisotopic (exact) mass is 351 g/mol. The van der Waals surface area contributed by atoms with Gasteiger partial charge in [-0.2, -0.15) is 14.2 Å². The van der Waals surface area contributed by atoms with E-state index in [0.717, 1.165) is 10.8 Å². The number of nitrogens with one attached hydrogen (secondary N) is 1. The number of rotatable bonds is 3. The van der Waals surface area contributed by atoms with Crippen molar-refractivity contribution < 1.29 is 19.3 Å². The first-order chi connectivity index (χ1) is 9.42. The first kappa shape index (κ1) is 15.0. The minimum atomic E-state index is -0.961. The Kier molecular flexibility index (Phi) is 4.48. The van der Waals surface area contributed by atoms with E-state index in [4.69, 9.17) is 9.84 Å². The van der Waals surface area contributed by atoms with Gasteiger partial charge in [0.05, 0.1) is 12.7 Å². The molecule has 0 saturated carbocycles. The second-order valence-corrected chi connectivity index (χ2v) is 4.90. The largest absolute Gasteiger partial charge is 0.394 e. The molecule has 2 rings (SSSR count). The highest BCUT2D eigenvalue weighted by atomic mass is 79.9. The highest BCUT2D eigenvalue weighted by Crippen LogP contribution is 2.26. The van der Waals surface area contributed by atoms with E-state index in [-0.39, 0.29) is 12.1 Å². The summed E-state index contributed by atoms with van der Waals surface area (Å²) in [6, 6.07) is 0. The predicted octanol–water partition coefficient (Wildman–Crippen LogP) is -0.765. The number of aromatic nitrogens is 3. The molecule has 1 aromatic heterocycles. The molecule has 3 atom stereocenters. The summed E-state index contributed by atoms with van der Waals surface area (Å²) in [7, 11) is 0. The van der Waals surface area contributed by atoms with E-state index >= 15 is 0 Å². The van der Waals surface area contributed by atoms with Crippen LogP contribution in [0, 0.1) is 0 Å². The molecule has 0 bridgehead atoms. The Bertz CT molecular complexity index is 639. The number of aliphatic hydroxyl groups is 2. The van der Waals surface area contributed by atoms with Gasteiger partial charge in [-0.25, -0.2) is 4.79 Å². The highest BCUT2D eigenvalue weighted by molar-refractivity contribution is 9.11. The molecule has 110 valence electrons. The van der Waals surface area contributed by atoms with Gasteiger partial charge in [-0.15, -0.1) is 0 Å². The SMILES string of the molecule is O=c1[nH]c(=O)n(C2C[C@@H](O)[C@@H](CO)O2)nc1/C=C(\F)Br. The van der Waals surface area contributed by atoms with Crippen LogP contribution in [0.25, 0.3) is 6.08 Å². The summed E-state index contributed by atoms with van der Waals surface area (Å²) in [5.41, 5.74) is -2.03. The van der Waals surface area contributed by atoms with Gasteiger partial charge in [-0.3, -0.25) is 9.78 Å². The molecule has 0 spiro atoms. The van der Waals surface area contributed by atoms with Crippen molar-refractivity contribution in [2.75, 3.05) is 6.61 Å². The molecule has 3 N–H and O–H groups in total. The van der Waals surface area contributed by atoms with Gasteiger partial charge in [-0.1, -0.05) is 0 Å². The second kappa shape index (κ2) is 5.95. The van der Waals surface area contributed by atoms with Crippen LogP contribution in [-0.4, -0.2) is 43.8 Å². The Morgan fingerprint density at radius 1 is 1.65 bits per heavy atom. The van der Waals surface area contributed by atoms with Gasteiger partial charge in [-0.05, 0) is 15.9 Å². The molecule has 10 heteroatoms. The van der Waals surface area contributed by atoms with Crippen molar-refractivity contribution >= 4 is 22.0 Å². The number of H-pyrrole nitrogens is 1. The van der Waals surface area contributed by atoms with Crippen LogP contribution in [0.2, 0.25) is 0 Å². The van der Waals surface area contributed by atoms with Crippen molar-refractivity contribution in [3.05, 3.63) is 31.3 Å². The molecule has 1 aromatic rings. The van der Waals surface area contributed by atoms with Gasteiger partial charge in [0.2, 0.25) is 0 Å². The minimum Gasteiger partial charge on any atom is -0.394 e. The van der Waals surface area contributed by atoms with Gasteiger partial charge in [0.25, 0.3) is 5.56 Å². The number of aliphatic hydroxyl groups excluding tert-OH is 2. The molecular formula is C10H11BrFN3O5. The van der Waals surface area contributed by atoms with Crippen LogP contribution >= 0.6 is 15.9 Å². The van der Waals surface area contributed by atoms with E-state index in [1.54, 1.807) is 0 Å². The molecule has 1 saturated heterocycles. The summed E-state index contributed by atoms with van der Waals surface area (Å²) in [6.45, 7) is -0.418. The normalized spacial score (nSPS) is 27.0. The molecule has 20 heavy (non-hydrogen) atoms. The molecule has 1 aliphatic heterocycles. The zero-order chi connectivity index (χ0) is 14.9. The first-order valence-electron chi connectivity index (χ1n) is 5.62. The van der Waals surface area contributed by atoms with E-state index < -0.39 is 41.0 Å². The van der Waals surface area contributed by atoms with Crippen LogP contribution in [0.3, 0.4) is 0 Å². The molecule has 0 aromatic carbocycles. The van der Waals surface area contributed by atoms with Crippen molar-refractivity contribution in [2.24, 2.45) is 0 Å². The standard InChI is InChI=1S/C10H11BrFN3O5/c11-7(12)1-4-9(18)13-10(19)15(14-4)8-2-5(17)6(3-16)20-8/h1,5-6,8,16-17H,2-3H2,(H,13,18,19)/b7-1-/t5-,6-,8?/m1/s1. The molecule has 0 amide bonds. The fourth-order valence-corrected chi connectivity index (χ4v) is 2.06. The van der Waals surface area contributed by atoms with E-state index in [0.29, 0.717) is 0 Å². The quantitative estimate of drug-likeness (QED) is 0.658. The first-order valence-corrected chi connectivity index (χ1v) is 6.42. The minimum absolute atomic E-state index is 0.0180. The van der Waals surface area contributed by atoms with Crippen molar-refractivity contribution in [1.29, 1.82) is 0 Å². The number of hydrogen-bond donors (Lipinski definition) is 3. The van der Waals surface area contributed by atoms with Gasteiger partial charge in [0.1, 0.15) is 6.10 Å². The average Bonchev–Trinajstić information content (AvgIpc) is 2.73. The van der Waals surface area contributed by atoms with Crippen molar-refractivity contribution in [3.8, 4) is 0 Å². The molecule has 8 nitrogen and oxygen atoms in total. The van der Waals surface area contributed by atoms with Crippen LogP contribution in [0.1, 0.15) is 18.3 Å². The zero-order valence-corrected chi connectivity index (χ0v) is 11.6. The summed E-state index contributed by atoms with van der Waals surface area (Å²) in [5, 5.41) is 22.3. The Morgan fingerprint density at radius 2 is 2.35 bits per heavy atom. The number of ether oxygens (including phenoxy) is 1. The van der Waals surface area contributed by atoms with Crippen molar-refractivity contribution in [3.63, 3.8) is 0 Å². The Morgan fingerprint density at radius 3 is 2.90 bits per heavy atom. The maximum Gasteiger partial charge on any atom is 0.347 e. The number of halogens is 2. The number of aromatic amines is 1. The predicted molar refractivity (Wildman–Crippen MR) is 68.7 cm³/mol. The lowest BCUT2D eigenvalue weighted by molar-refractivity contribution is -0.0507. The van der Waals surface area contributed by atoms with Crippen LogP contribution < -0.4 is 11.2 Å². The number of hydrogen-bond acceptors (Lipinski definition) is 6. The fourth-order valence-electron chi connectivity index (χ4n) is 1.85. The lowest BCUT2D eigenvalue weighted by Gasteiger charge is -2.13. The smallest absolute Gasteiger partial charge is 0.347 e. The van der Waals surface area contributed by atoms with Gasteiger partial charge in [0.15, 0.2) is 16.7 Å². The lowest BCUT2D eigenvalue weighted by Crippen LogP contribution is -2.36. The van der Waals surface area contributed by atoms with Crippen LogP contribution in [0.15, 0.2) is 14.3 Å². The molecule has 1 fully saturated rings. The van der Waals surface area contributed by atoms with E-state index in [1.165, 1.54) is 0 Å². The summed E-state index contributed by atoms with van der Waals surface area (Å²) in [6.07, 6.45) is -1.93.